The Labute approximate surface area is 329 Å². The van der Waals surface area contributed by atoms with E-state index in [9.17, 15) is 45.5 Å². The number of amides is 3. The van der Waals surface area contributed by atoms with Crippen LogP contribution in [0, 0.1) is 5.92 Å². The van der Waals surface area contributed by atoms with Crippen LogP contribution in [0.5, 0.6) is 5.75 Å². The molecule has 18 heteroatoms. The number of Topliss-reactive ketones (excluding diaryl/α,β-unsaturated/α-hetero) is 1. The first kappa shape index (κ1) is 46.2. The largest absolute Gasteiger partial charge is 0.497 e. The van der Waals surface area contributed by atoms with E-state index in [1.165, 1.54) is 45.2 Å². The van der Waals surface area contributed by atoms with Crippen molar-refractivity contribution in [1.82, 2.24) is 16.0 Å². The number of carboxylic acid groups (broad SMARTS) is 1. The highest BCUT2D eigenvalue weighted by molar-refractivity contribution is 6.30. The molecular formula is C39H43ClF6N4O7. The zero-order chi connectivity index (χ0) is 42.7. The lowest BCUT2D eigenvalue weighted by molar-refractivity contribution is -0.192. The molecule has 1 fully saturated rings. The quantitative estimate of drug-likeness (QED) is 0.121. The molecule has 0 heterocycles. The van der Waals surface area contributed by atoms with Crippen LogP contribution in [0.4, 0.5) is 26.3 Å². The first-order valence-corrected chi connectivity index (χ1v) is 18.0. The number of nitrogens with two attached hydrogens (primary N) is 1. The van der Waals surface area contributed by atoms with Gasteiger partial charge in [-0.3, -0.25) is 19.2 Å². The number of benzene rings is 3. The van der Waals surface area contributed by atoms with Crippen LogP contribution in [0.3, 0.4) is 0 Å². The van der Waals surface area contributed by atoms with Gasteiger partial charge in [0.1, 0.15) is 17.8 Å². The van der Waals surface area contributed by atoms with Crippen molar-refractivity contribution >= 4 is 41.1 Å². The molecule has 0 aromatic heterocycles. The van der Waals surface area contributed by atoms with Gasteiger partial charge in [0.2, 0.25) is 17.7 Å². The fraction of sp³-hybridized carbons (Fsp3) is 0.410. The maximum absolute atomic E-state index is 14.2. The van der Waals surface area contributed by atoms with Crippen LogP contribution in [-0.4, -0.2) is 66.1 Å². The number of hydrogen-bond donors (Lipinski definition) is 5. The Morgan fingerprint density at radius 1 is 0.789 bits per heavy atom. The van der Waals surface area contributed by atoms with Gasteiger partial charge in [-0.2, -0.15) is 26.3 Å². The molecule has 1 aliphatic carbocycles. The molecule has 3 aromatic rings. The molecule has 0 aliphatic heterocycles. The van der Waals surface area contributed by atoms with E-state index in [-0.39, 0.29) is 17.9 Å². The molecule has 1 aliphatic rings. The van der Waals surface area contributed by atoms with Crippen molar-refractivity contribution in [3.8, 4) is 5.75 Å². The van der Waals surface area contributed by atoms with Gasteiger partial charge in [0, 0.05) is 18.0 Å². The van der Waals surface area contributed by atoms with Crippen molar-refractivity contribution in [1.29, 1.82) is 0 Å². The summed E-state index contributed by atoms with van der Waals surface area (Å²) in [5, 5.41) is 15.4. The van der Waals surface area contributed by atoms with E-state index in [0.29, 0.717) is 35.7 Å². The van der Waals surface area contributed by atoms with Gasteiger partial charge in [0.15, 0.2) is 0 Å². The molecule has 3 aromatic carbocycles. The highest BCUT2D eigenvalue weighted by atomic mass is 35.5. The Morgan fingerprint density at radius 3 is 1.77 bits per heavy atom. The van der Waals surface area contributed by atoms with Crippen molar-refractivity contribution in [3.63, 3.8) is 0 Å². The molecule has 0 unspecified atom stereocenters. The van der Waals surface area contributed by atoms with Gasteiger partial charge in [-0.15, -0.1) is 0 Å². The number of carbonyl (C=O) groups is 5. The number of halogens is 7. The summed E-state index contributed by atoms with van der Waals surface area (Å²) in [6, 6.07) is 15.5. The molecule has 57 heavy (non-hydrogen) atoms. The molecular weight excluding hydrogens is 786 g/mol. The van der Waals surface area contributed by atoms with Crippen LogP contribution in [0.15, 0.2) is 72.8 Å². The van der Waals surface area contributed by atoms with E-state index >= 15 is 0 Å². The second-order valence-corrected chi connectivity index (χ2v) is 14.1. The third kappa shape index (κ3) is 12.7. The van der Waals surface area contributed by atoms with Crippen molar-refractivity contribution in [2.24, 2.45) is 11.7 Å². The van der Waals surface area contributed by atoms with Crippen LogP contribution in [0.2, 0.25) is 5.02 Å². The standard InChI is InChI=1S/C37H42ClF3N4O5.C2HF3O2/c1-22(2)30(32(46)37(39,40)41)44-34(48)31(25-10-16-28(50-3)17-11-25)45-33(47)29(20-23-6-8-24(21-42)9-7-23)43-35(49)36(18-4-5-19-36)26-12-14-27(38)15-13-26;3-2(4,5)1(6)7/h6-17,22,29-31H,4-5,18-21,42H2,1-3H3,(H,43,49)(H,44,48)(H,45,47);(H,6,7)/t29-,30-,31-;/m0./s1. The molecule has 310 valence electrons. The lowest BCUT2D eigenvalue weighted by Crippen LogP contribution is -2.56. The molecule has 3 atom stereocenters. The number of carboxylic acids is 1. The zero-order valence-electron chi connectivity index (χ0n) is 31.1. The molecule has 4 rings (SSSR count). The van der Waals surface area contributed by atoms with Gasteiger partial charge in [-0.1, -0.05) is 86.8 Å². The summed E-state index contributed by atoms with van der Waals surface area (Å²) in [5.74, 6) is -7.53. The molecule has 0 saturated heterocycles. The second kappa shape index (κ2) is 19.8. The van der Waals surface area contributed by atoms with E-state index < -0.39 is 65.4 Å². The van der Waals surface area contributed by atoms with E-state index in [1.54, 1.807) is 48.5 Å². The number of rotatable bonds is 14. The van der Waals surface area contributed by atoms with Crippen LogP contribution in [-0.2, 0) is 42.4 Å². The monoisotopic (exact) mass is 828 g/mol. The molecule has 11 nitrogen and oxygen atoms in total. The Bertz CT molecular complexity index is 1850. The summed E-state index contributed by atoms with van der Waals surface area (Å²) in [4.78, 5) is 63.4. The SMILES string of the molecule is COc1ccc([C@H](NC(=O)[C@H](Cc2ccc(CN)cc2)NC(=O)C2(c3ccc(Cl)cc3)CCCC2)C(=O)N[C@H](C(=O)C(F)(F)F)C(C)C)cc1.O=C(O)C(F)(F)F. The Balaban J connectivity index is 0.00000113. The average Bonchev–Trinajstić information content (AvgIpc) is 3.67. The number of alkyl halides is 6. The number of hydrogen-bond acceptors (Lipinski definition) is 7. The number of nitrogens with one attached hydrogen (secondary N) is 3. The van der Waals surface area contributed by atoms with Crippen molar-refractivity contribution < 1.29 is 60.2 Å². The smallest absolute Gasteiger partial charge is 0.490 e. The van der Waals surface area contributed by atoms with E-state index in [1.807, 2.05) is 0 Å². The fourth-order valence-electron chi connectivity index (χ4n) is 6.23. The molecule has 0 bridgehead atoms. The highest BCUT2D eigenvalue weighted by Crippen LogP contribution is 2.42. The summed E-state index contributed by atoms with van der Waals surface area (Å²) in [5.41, 5.74) is 7.35. The minimum Gasteiger partial charge on any atom is -0.497 e. The number of ether oxygens (including phenoxy) is 1. The van der Waals surface area contributed by atoms with Gasteiger partial charge < -0.3 is 31.5 Å². The van der Waals surface area contributed by atoms with Crippen LogP contribution < -0.4 is 26.4 Å². The topological polar surface area (TPSA) is 177 Å². The van der Waals surface area contributed by atoms with Crippen molar-refractivity contribution in [3.05, 3.63) is 100 Å². The van der Waals surface area contributed by atoms with Gasteiger partial charge in [-0.05, 0) is 65.3 Å². The Morgan fingerprint density at radius 2 is 1.32 bits per heavy atom. The van der Waals surface area contributed by atoms with Crippen molar-refractivity contribution in [2.45, 2.75) is 88.4 Å². The predicted molar refractivity (Wildman–Crippen MR) is 197 cm³/mol. The molecule has 0 spiro atoms. The lowest BCUT2D eigenvalue weighted by atomic mass is 9.77. The van der Waals surface area contributed by atoms with Gasteiger partial charge in [0.05, 0.1) is 18.6 Å². The molecule has 3 amide bonds. The number of aliphatic carboxylic acids is 1. The predicted octanol–water partition coefficient (Wildman–Crippen LogP) is 6.11. The minimum absolute atomic E-state index is 0.0251. The first-order valence-electron chi connectivity index (χ1n) is 17.6. The summed E-state index contributed by atoms with van der Waals surface area (Å²) in [7, 11) is 1.44. The Hall–Kier alpha value is -5.16. The molecule has 1 saturated carbocycles. The Kier molecular flexibility index (Phi) is 16.1. The zero-order valence-corrected chi connectivity index (χ0v) is 31.9. The van der Waals surface area contributed by atoms with Gasteiger partial charge in [-0.25, -0.2) is 4.79 Å². The number of ketones is 1. The van der Waals surface area contributed by atoms with Crippen LogP contribution in [0.1, 0.15) is 67.8 Å². The molecule has 0 radical (unpaired) electrons. The second-order valence-electron chi connectivity index (χ2n) is 13.7. The van der Waals surface area contributed by atoms with Crippen LogP contribution >= 0.6 is 11.6 Å². The third-order valence-electron chi connectivity index (χ3n) is 9.38. The maximum Gasteiger partial charge on any atom is 0.490 e. The minimum atomic E-state index is -5.20. The highest BCUT2D eigenvalue weighted by Gasteiger charge is 2.46. The summed E-state index contributed by atoms with van der Waals surface area (Å²) < 4.78 is 77.4. The van der Waals surface area contributed by atoms with Gasteiger partial charge in [0.25, 0.3) is 5.78 Å². The first-order chi connectivity index (χ1) is 26.6. The fourth-order valence-corrected chi connectivity index (χ4v) is 6.36. The average molecular weight is 829 g/mol. The summed E-state index contributed by atoms with van der Waals surface area (Å²) in [6.45, 7) is 3.05. The summed E-state index contributed by atoms with van der Waals surface area (Å²) in [6.07, 6.45) is -7.59. The van der Waals surface area contributed by atoms with E-state index in [4.69, 9.17) is 32.0 Å². The van der Waals surface area contributed by atoms with Crippen LogP contribution in [0.25, 0.3) is 0 Å². The third-order valence-corrected chi connectivity index (χ3v) is 9.63. The van der Waals surface area contributed by atoms with E-state index in [2.05, 4.69) is 16.0 Å². The van der Waals surface area contributed by atoms with E-state index in [0.717, 1.165) is 24.0 Å². The lowest BCUT2D eigenvalue weighted by Gasteiger charge is -2.31. The maximum atomic E-state index is 14.2. The van der Waals surface area contributed by atoms with Crippen molar-refractivity contribution in [2.75, 3.05) is 7.11 Å². The number of methoxy groups -OCH3 is 1. The normalized spacial score (nSPS) is 15.3. The van der Waals surface area contributed by atoms with Gasteiger partial charge >= 0.3 is 18.3 Å². The number of carbonyl (C=O) groups excluding carboxylic acids is 4. The molecule has 6 N–H and O–H groups in total. The summed E-state index contributed by atoms with van der Waals surface area (Å²) >= 11 is 6.14.